The van der Waals surface area contributed by atoms with Crippen molar-refractivity contribution in [3.8, 4) is 5.75 Å². The Labute approximate surface area is 188 Å². The number of nitrogens with zero attached hydrogens (tertiary/aromatic N) is 1. The summed E-state index contributed by atoms with van der Waals surface area (Å²) in [6.45, 7) is 3.77. The van der Waals surface area contributed by atoms with Crippen LogP contribution in [-0.4, -0.2) is 32.2 Å². The monoisotopic (exact) mass is 456 g/mol. The van der Waals surface area contributed by atoms with Gasteiger partial charge < -0.3 is 4.74 Å². The molecule has 0 aromatic heterocycles. The zero-order valence-electron chi connectivity index (χ0n) is 18.6. The molecular weight excluding hydrogens is 428 g/mol. The van der Waals surface area contributed by atoms with E-state index < -0.39 is 10.0 Å². The highest BCUT2D eigenvalue weighted by molar-refractivity contribution is 7.92. The number of hydrogen-bond donors (Lipinski definition) is 1. The lowest BCUT2D eigenvalue weighted by Crippen LogP contribution is -2.30. The molecule has 1 heterocycles. The largest absolute Gasteiger partial charge is 0.495 e. The second-order valence-corrected chi connectivity index (χ2v) is 10.3. The van der Waals surface area contributed by atoms with Crippen molar-refractivity contribution >= 4 is 27.5 Å². The molecule has 2 aromatic carbocycles. The molecule has 1 aliphatic heterocycles. The lowest BCUT2D eigenvalue weighted by Gasteiger charge is -2.19. The van der Waals surface area contributed by atoms with Gasteiger partial charge in [0.2, 0.25) is 11.8 Å². The number of ether oxygens (including phenoxy) is 1. The Morgan fingerprint density at radius 1 is 1.00 bits per heavy atom. The first kappa shape index (κ1) is 22.3. The Hall–Kier alpha value is -2.87. The standard InChI is InChI=1S/C24H28N2O5S/c1-15-8-9-16(2)20(12-15)25-32(29,30)22-13-17(10-11-21(22)31-3)14-26-23(27)18-6-4-5-7-19(18)24(26)28/h8-13,18-19,25H,4-7,14H2,1-3H3/t18-,19+. The molecule has 2 aliphatic rings. The number of carbonyl (C=O) groups is 2. The molecule has 4 rings (SSSR count). The number of carbonyl (C=O) groups excluding carboxylic acids is 2. The smallest absolute Gasteiger partial charge is 0.265 e. The summed E-state index contributed by atoms with van der Waals surface area (Å²) >= 11 is 0. The highest BCUT2D eigenvalue weighted by Gasteiger charge is 2.47. The minimum atomic E-state index is -3.96. The Bertz CT molecular complexity index is 1150. The van der Waals surface area contributed by atoms with Crippen molar-refractivity contribution in [3.05, 3.63) is 53.1 Å². The van der Waals surface area contributed by atoms with E-state index in [0.717, 1.165) is 36.8 Å². The molecule has 1 N–H and O–H groups in total. The van der Waals surface area contributed by atoms with E-state index in [4.69, 9.17) is 4.74 Å². The number of rotatable bonds is 6. The van der Waals surface area contributed by atoms with Crippen LogP contribution in [0, 0.1) is 25.7 Å². The molecule has 2 amide bonds. The van der Waals surface area contributed by atoms with Crippen molar-refractivity contribution in [2.45, 2.75) is 51.0 Å². The number of amides is 2. The third-order valence-electron chi connectivity index (χ3n) is 6.43. The van der Waals surface area contributed by atoms with Crippen LogP contribution >= 0.6 is 0 Å². The lowest BCUT2D eigenvalue weighted by atomic mass is 9.81. The van der Waals surface area contributed by atoms with Crippen LogP contribution in [0.3, 0.4) is 0 Å². The van der Waals surface area contributed by atoms with Crippen LogP contribution in [-0.2, 0) is 26.2 Å². The van der Waals surface area contributed by atoms with E-state index in [0.29, 0.717) is 11.3 Å². The van der Waals surface area contributed by atoms with Gasteiger partial charge in [-0.1, -0.05) is 31.0 Å². The van der Waals surface area contributed by atoms with E-state index >= 15 is 0 Å². The molecule has 0 spiro atoms. The molecule has 8 heteroatoms. The van der Waals surface area contributed by atoms with Crippen molar-refractivity contribution in [1.29, 1.82) is 0 Å². The third-order valence-corrected chi connectivity index (χ3v) is 7.81. The van der Waals surface area contributed by atoms with E-state index in [1.54, 1.807) is 18.2 Å². The molecule has 2 atom stereocenters. The Balaban J connectivity index is 1.63. The average molecular weight is 457 g/mol. The maximum absolute atomic E-state index is 13.2. The summed E-state index contributed by atoms with van der Waals surface area (Å²) in [5, 5.41) is 0. The van der Waals surface area contributed by atoms with Gasteiger partial charge in [-0.05, 0) is 61.6 Å². The lowest BCUT2D eigenvalue weighted by molar-refractivity contribution is -0.140. The van der Waals surface area contributed by atoms with Crippen molar-refractivity contribution in [2.24, 2.45) is 11.8 Å². The molecule has 0 unspecified atom stereocenters. The van der Waals surface area contributed by atoms with Gasteiger partial charge in [0.1, 0.15) is 10.6 Å². The van der Waals surface area contributed by atoms with E-state index in [-0.39, 0.29) is 40.8 Å². The van der Waals surface area contributed by atoms with Gasteiger partial charge in [-0.25, -0.2) is 8.42 Å². The fourth-order valence-electron chi connectivity index (χ4n) is 4.64. The van der Waals surface area contributed by atoms with Gasteiger partial charge in [0.25, 0.3) is 10.0 Å². The highest BCUT2D eigenvalue weighted by Crippen LogP contribution is 2.39. The quantitative estimate of drug-likeness (QED) is 0.668. The summed E-state index contributed by atoms with van der Waals surface area (Å²) in [4.78, 5) is 26.9. The number of benzene rings is 2. The van der Waals surface area contributed by atoms with Crippen LogP contribution in [0.15, 0.2) is 41.3 Å². The van der Waals surface area contributed by atoms with Crippen LogP contribution in [0.4, 0.5) is 5.69 Å². The Morgan fingerprint density at radius 3 is 2.28 bits per heavy atom. The summed E-state index contributed by atoms with van der Waals surface area (Å²) in [6, 6.07) is 10.3. The van der Waals surface area contributed by atoms with Crippen molar-refractivity contribution in [2.75, 3.05) is 11.8 Å². The van der Waals surface area contributed by atoms with Crippen molar-refractivity contribution in [3.63, 3.8) is 0 Å². The minimum absolute atomic E-state index is 0.0325. The summed E-state index contributed by atoms with van der Waals surface area (Å²) in [6.07, 6.45) is 3.41. The zero-order chi connectivity index (χ0) is 23.0. The number of methoxy groups -OCH3 is 1. The first-order chi connectivity index (χ1) is 15.2. The number of imide groups is 1. The molecule has 170 valence electrons. The molecule has 1 saturated carbocycles. The molecular formula is C24H28N2O5S. The number of sulfonamides is 1. The molecule has 2 fully saturated rings. The highest BCUT2D eigenvalue weighted by atomic mass is 32.2. The van der Waals surface area contributed by atoms with Crippen LogP contribution in [0.2, 0.25) is 0 Å². The van der Waals surface area contributed by atoms with E-state index in [1.165, 1.54) is 18.1 Å². The Kier molecular flexibility index (Phi) is 5.99. The van der Waals surface area contributed by atoms with Crippen LogP contribution < -0.4 is 9.46 Å². The summed E-state index contributed by atoms with van der Waals surface area (Å²) in [5.74, 6) is -0.562. The van der Waals surface area contributed by atoms with E-state index in [9.17, 15) is 18.0 Å². The van der Waals surface area contributed by atoms with Gasteiger partial charge >= 0.3 is 0 Å². The SMILES string of the molecule is COc1ccc(CN2C(=O)[C@H]3CCCC[C@H]3C2=O)cc1S(=O)(=O)Nc1cc(C)ccc1C. The number of nitrogens with one attached hydrogen (secondary N) is 1. The fraction of sp³-hybridized carbons (Fsp3) is 0.417. The van der Waals surface area contributed by atoms with Gasteiger partial charge in [0.15, 0.2) is 0 Å². The van der Waals surface area contributed by atoms with Crippen LogP contribution in [0.5, 0.6) is 5.75 Å². The minimum Gasteiger partial charge on any atom is -0.495 e. The average Bonchev–Trinajstić information content (AvgIpc) is 3.01. The van der Waals surface area contributed by atoms with Gasteiger partial charge in [-0.2, -0.15) is 0 Å². The number of hydrogen-bond acceptors (Lipinski definition) is 5. The van der Waals surface area contributed by atoms with Crippen LogP contribution in [0.1, 0.15) is 42.4 Å². The third kappa shape index (κ3) is 4.11. The van der Waals surface area contributed by atoms with Crippen molar-refractivity contribution in [1.82, 2.24) is 4.90 Å². The van der Waals surface area contributed by atoms with E-state index in [2.05, 4.69) is 4.72 Å². The molecule has 1 aliphatic carbocycles. The zero-order valence-corrected chi connectivity index (χ0v) is 19.4. The fourth-order valence-corrected chi connectivity index (χ4v) is 5.99. The second-order valence-electron chi connectivity index (χ2n) is 8.67. The first-order valence-electron chi connectivity index (χ1n) is 10.8. The Morgan fingerprint density at radius 2 is 1.66 bits per heavy atom. The summed E-state index contributed by atoms with van der Waals surface area (Å²) in [7, 11) is -2.56. The van der Waals surface area contributed by atoms with E-state index in [1.807, 2.05) is 26.0 Å². The molecule has 2 aromatic rings. The molecule has 32 heavy (non-hydrogen) atoms. The maximum Gasteiger partial charge on any atom is 0.265 e. The number of anilines is 1. The van der Waals surface area contributed by atoms with Gasteiger partial charge in [-0.3, -0.25) is 19.2 Å². The molecule has 0 radical (unpaired) electrons. The number of aryl methyl sites for hydroxylation is 2. The first-order valence-corrected chi connectivity index (χ1v) is 12.3. The van der Waals surface area contributed by atoms with Gasteiger partial charge in [-0.15, -0.1) is 0 Å². The molecule has 1 saturated heterocycles. The number of likely N-dealkylation sites (tertiary alicyclic amines) is 1. The summed E-state index contributed by atoms with van der Waals surface area (Å²) < 4.78 is 34.4. The predicted octanol–water partition coefficient (Wildman–Crippen LogP) is 3.79. The predicted molar refractivity (Wildman–Crippen MR) is 121 cm³/mol. The molecule has 7 nitrogen and oxygen atoms in total. The van der Waals surface area contributed by atoms with Crippen LogP contribution in [0.25, 0.3) is 0 Å². The normalized spacial score (nSPS) is 20.9. The second kappa shape index (κ2) is 8.58. The van der Waals surface area contributed by atoms with Gasteiger partial charge in [0.05, 0.1) is 31.2 Å². The van der Waals surface area contributed by atoms with Crippen molar-refractivity contribution < 1.29 is 22.7 Å². The molecule has 0 bridgehead atoms. The number of fused-ring (bicyclic) bond motifs is 1. The van der Waals surface area contributed by atoms with Gasteiger partial charge in [0, 0.05) is 0 Å². The topological polar surface area (TPSA) is 92.8 Å². The maximum atomic E-state index is 13.2. The summed E-state index contributed by atoms with van der Waals surface area (Å²) in [5.41, 5.74) is 2.78.